The maximum absolute atomic E-state index is 4.30. The van der Waals surface area contributed by atoms with Crippen LogP contribution in [0.5, 0.6) is 0 Å². The number of pyridine rings is 1. The predicted octanol–water partition coefficient (Wildman–Crippen LogP) is 4.64. The lowest BCUT2D eigenvalue weighted by molar-refractivity contribution is 1.32. The van der Waals surface area contributed by atoms with Crippen LogP contribution in [0.15, 0.2) is 79.1 Å². The molecule has 2 nitrogen and oxygen atoms in total. The molecule has 0 aliphatic heterocycles. The quantitative estimate of drug-likeness (QED) is 0.620. The number of rotatable bonds is 2. The van der Waals surface area contributed by atoms with Crippen molar-refractivity contribution in [1.29, 1.82) is 0 Å². The smallest absolute Gasteiger partial charge is 0.222 e. The summed E-state index contributed by atoms with van der Waals surface area (Å²) >= 11 is 0. The van der Waals surface area contributed by atoms with Crippen LogP contribution < -0.4 is 0 Å². The van der Waals surface area contributed by atoms with Gasteiger partial charge in [0, 0.05) is 18.0 Å². The molecule has 3 rings (SSSR count). The van der Waals surface area contributed by atoms with Crippen molar-refractivity contribution in [1.82, 2.24) is 4.98 Å². The Labute approximate surface area is 124 Å². The van der Waals surface area contributed by atoms with Crippen molar-refractivity contribution in [2.45, 2.75) is 0 Å². The van der Waals surface area contributed by atoms with Crippen LogP contribution in [0.25, 0.3) is 16.0 Å². The summed E-state index contributed by atoms with van der Waals surface area (Å²) in [5.41, 5.74) is 4.21. The third kappa shape index (κ3) is 3.29. The zero-order valence-electron chi connectivity index (χ0n) is 11.5. The largest absolute Gasteiger partial charge is 0.265 e. The molecule has 0 spiro atoms. The molecule has 0 N–H and O–H groups in total. The number of aromatic nitrogens is 1. The molecule has 2 heteroatoms. The van der Waals surface area contributed by atoms with E-state index in [1.54, 1.807) is 6.20 Å². The maximum atomic E-state index is 4.30. The van der Waals surface area contributed by atoms with Crippen LogP contribution in [-0.4, -0.2) is 4.98 Å². The van der Waals surface area contributed by atoms with Gasteiger partial charge in [0.15, 0.2) is 0 Å². The van der Waals surface area contributed by atoms with Gasteiger partial charge in [0.05, 0.1) is 0 Å². The molecule has 0 unspecified atom stereocenters. The number of hydrogen-bond acceptors (Lipinski definition) is 1. The first-order valence-corrected chi connectivity index (χ1v) is 6.77. The van der Waals surface area contributed by atoms with Gasteiger partial charge in [-0.05, 0) is 11.6 Å². The Bertz CT molecular complexity index is 769. The van der Waals surface area contributed by atoms with Crippen LogP contribution in [0.4, 0.5) is 0 Å². The van der Waals surface area contributed by atoms with Gasteiger partial charge in [0.1, 0.15) is 0 Å². The lowest BCUT2D eigenvalue weighted by atomic mass is 10.0. The van der Waals surface area contributed by atoms with Gasteiger partial charge in [-0.15, -0.1) is 17.0 Å². The lowest BCUT2D eigenvalue weighted by Crippen LogP contribution is -1.86. The molecule has 21 heavy (non-hydrogen) atoms. The Balaban J connectivity index is 1.86. The van der Waals surface area contributed by atoms with Crippen LogP contribution in [-0.2, 0) is 0 Å². The lowest BCUT2D eigenvalue weighted by Gasteiger charge is -2.08. The van der Waals surface area contributed by atoms with Crippen molar-refractivity contribution in [3.8, 4) is 17.2 Å². The van der Waals surface area contributed by atoms with E-state index in [0.717, 1.165) is 22.3 Å². The molecule has 0 saturated heterocycles. The fourth-order valence-corrected chi connectivity index (χ4v) is 2.08. The Morgan fingerprint density at radius 3 is 2.48 bits per heavy atom. The fraction of sp³-hybridized carbons (Fsp3) is 0. The van der Waals surface area contributed by atoms with E-state index in [1.165, 1.54) is 0 Å². The molecule has 0 aliphatic carbocycles. The molecule has 100 valence electrons. The van der Waals surface area contributed by atoms with Gasteiger partial charge in [-0.2, -0.15) is 0 Å². The molecule has 0 bridgehead atoms. The van der Waals surface area contributed by atoms with Crippen LogP contribution in [0, 0.1) is 12.6 Å². The second-order valence-corrected chi connectivity index (χ2v) is 4.56. The summed E-state index contributed by atoms with van der Waals surface area (Å²) in [7, 11) is 0. The van der Waals surface area contributed by atoms with Crippen molar-refractivity contribution >= 4 is 0 Å². The standard InChI is InChI=1S/C19H14N2/c1-2-7-16(8-3-1)13-21-15-17-9-4-5-11-19(17)18-10-6-12-20-14-18/h1-12,14-15H. The molecule has 0 fully saturated rings. The highest BCUT2D eigenvalue weighted by molar-refractivity contribution is 5.68. The Hall–Kier alpha value is -3.05. The van der Waals surface area contributed by atoms with E-state index < -0.39 is 0 Å². The molecule has 0 atom stereocenters. The molecular formula is C19H14N2. The van der Waals surface area contributed by atoms with Gasteiger partial charge in [-0.25, -0.2) is 0 Å². The third-order valence-electron chi connectivity index (χ3n) is 3.10. The van der Waals surface area contributed by atoms with Crippen molar-refractivity contribution < 1.29 is 0 Å². The number of benzene rings is 2. The first-order valence-electron chi connectivity index (χ1n) is 6.77. The Morgan fingerprint density at radius 2 is 1.67 bits per heavy atom. The second kappa shape index (κ2) is 6.40. The van der Waals surface area contributed by atoms with Crippen molar-refractivity contribution in [2.75, 3.05) is 0 Å². The molecule has 0 saturated carbocycles. The maximum Gasteiger partial charge on any atom is 0.222 e. The summed E-state index contributed by atoms with van der Waals surface area (Å²) in [4.78, 5) is 8.47. The zero-order valence-corrected chi connectivity index (χ0v) is 11.5. The second-order valence-electron chi connectivity index (χ2n) is 4.56. The number of nitrogens with zero attached hydrogens (tertiary/aromatic N) is 2. The van der Waals surface area contributed by atoms with Crippen molar-refractivity contribution in [2.24, 2.45) is 0 Å². The molecule has 0 aliphatic rings. The van der Waals surface area contributed by atoms with Gasteiger partial charge in [0.2, 0.25) is 12.6 Å². The third-order valence-corrected chi connectivity index (χ3v) is 3.10. The average Bonchev–Trinajstić information content (AvgIpc) is 2.57. The van der Waals surface area contributed by atoms with Crippen molar-refractivity contribution in [3.05, 3.63) is 102 Å². The SMILES string of the molecule is C(#[N+][CH-]c1ccccc1-c1cccnc1)c1ccccc1. The first kappa shape index (κ1) is 13.0. The van der Waals surface area contributed by atoms with Crippen LogP contribution in [0.1, 0.15) is 11.1 Å². The minimum atomic E-state index is 0.965. The molecule has 2 aromatic carbocycles. The average molecular weight is 270 g/mol. The zero-order chi connectivity index (χ0) is 14.3. The fourth-order valence-electron chi connectivity index (χ4n) is 2.08. The van der Waals surface area contributed by atoms with Gasteiger partial charge in [0.25, 0.3) is 0 Å². The molecule has 0 amide bonds. The Kier molecular flexibility index (Phi) is 3.95. The first-order chi connectivity index (χ1) is 10.4. The van der Waals surface area contributed by atoms with Crippen LogP contribution >= 0.6 is 0 Å². The summed E-state index contributed by atoms with van der Waals surface area (Å²) in [5, 5.41) is 0. The van der Waals surface area contributed by atoms with Gasteiger partial charge >= 0.3 is 0 Å². The number of hydrogen-bond donors (Lipinski definition) is 0. The van der Waals surface area contributed by atoms with E-state index in [1.807, 2.05) is 73.4 Å². The molecule has 1 aromatic heterocycles. The monoisotopic (exact) mass is 270 g/mol. The normalized spacial score (nSPS) is 9.52. The van der Waals surface area contributed by atoms with Crippen LogP contribution in [0.2, 0.25) is 0 Å². The van der Waals surface area contributed by atoms with Gasteiger partial charge in [-0.1, -0.05) is 59.7 Å². The summed E-state index contributed by atoms with van der Waals surface area (Å²) in [6.45, 7) is 1.83. The molecule has 0 radical (unpaired) electrons. The summed E-state index contributed by atoms with van der Waals surface area (Å²) in [5.74, 6) is 0. The topological polar surface area (TPSA) is 17.2 Å². The molecular weight excluding hydrogens is 256 g/mol. The van der Waals surface area contributed by atoms with Crippen LogP contribution in [0.3, 0.4) is 0 Å². The highest BCUT2D eigenvalue weighted by Gasteiger charge is 2.01. The van der Waals surface area contributed by atoms with E-state index in [4.69, 9.17) is 0 Å². The highest BCUT2D eigenvalue weighted by atomic mass is 14.6. The minimum Gasteiger partial charge on any atom is -0.265 e. The van der Waals surface area contributed by atoms with E-state index in [9.17, 15) is 0 Å². The van der Waals surface area contributed by atoms with Crippen molar-refractivity contribution in [3.63, 3.8) is 0 Å². The van der Waals surface area contributed by atoms with Gasteiger partial charge in [-0.3, -0.25) is 4.98 Å². The van der Waals surface area contributed by atoms with E-state index in [-0.39, 0.29) is 0 Å². The molecule has 1 heterocycles. The van der Waals surface area contributed by atoms with E-state index in [0.29, 0.717) is 0 Å². The minimum absolute atomic E-state index is 0.965. The summed E-state index contributed by atoms with van der Waals surface area (Å²) < 4.78 is 0. The van der Waals surface area contributed by atoms with Gasteiger partial charge < -0.3 is 0 Å². The highest BCUT2D eigenvalue weighted by Crippen LogP contribution is 2.24. The Morgan fingerprint density at radius 1 is 0.857 bits per heavy atom. The van der Waals surface area contributed by atoms with E-state index >= 15 is 0 Å². The predicted molar refractivity (Wildman–Crippen MR) is 85.9 cm³/mol. The summed E-state index contributed by atoms with van der Waals surface area (Å²) in [6, 6.07) is 25.0. The van der Waals surface area contributed by atoms with E-state index in [2.05, 4.69) is 22.0 Å². The molecule has 3 aromatic rings. The summed E-state index contributed by atoms with van der Waals surface area (Å²) in [6.07, 6.45) is 3.63.